The first-order chi connectivity index (χ1) is 7.65. The van der Waals surface area contributed by atoms with Gasteiger partial charge in [-0.1, -0.05) is 12.1 Å². The van der Waals surface area contributed by atoms with Crippen molar-refractivity contribution in [2.75, 3.05) is 5.32 Å². The van der Waals surface area contributed by atoms with E-state index in [-0.39, 0.29) is 12.1 Å². The van der Waals surface area contributed by atoms with Crippen LogP contribution in [-0.4, -0.2) is 12.1 Å². The minimum atomic E-state index is -0.129. The Balaban J connectivity index is 1.90. The summed E-state index contributed by atoms with van der Waals surface area (Å²) in [7, 11) is 0. The van der Waals surface area contributed by atoms with E-state index >= 15 is 0 Å². The Hall–Kier alpha value is -1.55. The lowest BCUT2D eigenvalue weighted by molar-refractivity contribution is 0.251. The zero-order valence-electron chi connectivity index (χ0n) is 9.36. The van der Waals surface area contributed by atoms with E-state index < -0.39 is 0 Å². The maximum atomic E-state index is 11.4. The first kappa shape index (κ1) is 11.0. The second-order valence-electron chi connectivity index (χ2n) is 4.28. The van der Waals surface area contributed by atoms with Crippen molar-refractivity contribution in [2.24, 2.45) is 5.73 Å². The summed E-state index contributed by atoms with van der Waals surface area (Å²) in [6.07, 6.45) is 2.19. The minimum absolute atomic E-state index is 0.0225. The maximum absolute atomic E-state index is 11.4. The topological polar surface area (TPSA) is 67.1 Å². The van der Waals surface area contributed by atoms with Crippen molar-refractivity contribution in [1.29, 1.82) is 0 Å². The molecule has 4 heteroatoms. The summed E-state index contributed by atoms with van der Waals surface area (Å²) in [6, 6.07) is 7.86. The number of rotatable bonds is 3. The van der Waals surface area contributed by atoms with Gasteiger partial charge in [0.1, 0.15) is 0 Å². The molecule has 0 aliphatic heterocycles. The SMILES string of the molecule is C[C@H](N)c1ccc(NC(=O)NC2CC2)cc1. The number of carbonyl (C=O) groups is 1. The largest absolute Gasteiger partial charge is 0.335 e. The number of nitrogens with one attached hydrogen (secondary N) is 2. The molecule has 0 aromatic heterocycles. The lowest BCUT2D eigenvalue weighted by Crippen LogP contribution is -2.30. The van der Waals surface area contributed by atoms with Crippen LogP contribution in [0.2, 0.25) is 0 Å². The van der Waals surface area contributed by atoms with Crippen LogP contribution in [0, 0.1) is 0 Å². The van der Waals surface area contributed by atoms with Gasteiger partial charge < -0.3 is 16.4 Å². The molecule has 16 heavy (non-hydrogen) atoms. The Morgan fingerprint density at radius 3 is 2.50 bits per heavy atom. The summed E-state index contributed by atoms with van der Waals surface area (Å²) in [5.74, 6) is 0. The number of hydrogen-bond acceptors (Lipinski definition) is 2. The molecule has 0 heterocycles. The van der Waals surface area contributed by atoms with Crippen LogP contribution in [0.5, 0.6) is 0 Å². The second kappa shape index (κ2) is 4.53. The van der Waals surface area contributed by atoms with Crippen LogP contribution in [0.4, 0.5) is 10.5 Å². The molecule has 2 amide bonds. The Labute approximate surface area is 95.2 Å². The quantitative estimate of drug-likeness (QED) is 0.727. The van der Waals surface area contributed by atoms with Gasteiger partial charge in [-0.2, -0.15) is 0 Å². The standard InChI is InChI=1S/C12H17N3O/c1-8(13)9-2-4-10(5-3-9)14-12(16)15-11-6-7-11/h2-5,8,11H,6-7,13H2,1H3,(H2,14,15,16)/t8-/m0/s1. The lowest BCUT2D eigenvalue weighted by Gasteiger charge is -2.09. The van der Waals surface area contributed by atoms with Crippen molar-refractivity contribution >= 4 is 11.7 Å². The van der Waals surface area contributed by atoms with E-state index in [4.69, 9.17) is 5.73 Å². The van der Waals surface area contributed by atoms with Crippen molar-refractivity contribution in [3.8, 4) is 0 Å². The molecule has 0 bridgehead atoms. The molecular formula is C12H17N3O. The minimum Gasteiger partial charge on any atom is -0.335 e. The van der Waals surface area contributed by atoms with E-state index in [9.17, 15) is 4.79 Å². The Bertz CT molecular complexity index is 368. The molecule has 1 aromatic carbocycles. The van der Waals surface area contributed by atoms with E-state index in [2.05, 4.69) is 10.6 Å². The number of anilines is 1. The molecule has 1 saturated carbocycles. The molecule has 2 rings (SSSR count). The molecule has 0 spiro atoms. The summed E-state index contributed by atoms with van der Waals surface area (Å²) in [4.78, 5) is 11.4. The zero-order chi connectivity index (χ0) is 11.5. The van der Waals surface area contributed by atoms with Crippen molar-refractivity contribution < 1.29 is 4.79 Å². The average Bonchev–Trinajstić information content (AvgIpc) is 3.02. The first-order valence-corrected chi connectivity index (χ1v) is 5.58. The molecule has 0 unspecified atom stereocenters. The van der Waals surface area contributed by atoms with Crippen LogP contribution in [0.15, 0.2) is 24.3 Å². The van der Waals surface area contributed by atoms with Crippen molar-refractivity contribution in [3.05, 3.63) is 29.8 Å². The lowest BCUT2D eigenvalue weighted by atomic mass is 10.1. The van der Waals surface area contributed by atoms with Gasteiger partial charge in [-0.15, -0.1) is 0 Å². The smallest absolute Gasteiger partial charge is 0.319 e. The predicted octanol–water partition coefficient (Wildman–Crippen LogP) is 1.99. The molecular weight excluding hydrogens is 202 g/mol. The summed E-state index contributed by atoms with van der Waals surface area (Å²) in [5, 5.41) is 5.65. The maximum Gasteiger partial charge on any atom is 0.319 e. The second-order valence-corrected chi connectivity index (χ2v) is 4.28. The van der Waals surface area contributed by atoms with Crippen LogP contribution < -0.4 is 16.4 Å². The monoisotopic (exact) mass is 219 g/mol. The number of carbonyl (C=O) groups excluding carboxylic acids is 1. The summed E-state index contributed by atoms with van der Waals surface area (Å²) >= 11 is 0. The molecule has 1 fully saturated rings. The van der Waals surface area contributed by atoms with Crippen molar-refractivity contribution in [3.63, 3.8) is 0 Å². The van der Waals surface area contributed by atoms with Gasteiger partial charge in [0, 0.05) is 17.8 Å². The average molecular weight is 219 g/mol. The van der Waals surface area contributed by atoms with E-state index in [0.717, 1.165) is 24.1 Å². The Kier molecular flexibility index (Phi) is 3.10. The Morgan fingerprint density at radius 2 is 2.00 bits per heavy atom. The number of urea groups is 1. The van der Waals surface area contributed by atoms with Gasteiger partial charge in [0.25, 0.3) is 0 Å². The van der Waals surface area contributed by atoms with E-state index in [1.54, 1.807) is 0 Å². The van der Waals surface area contributed by atoms with Crippen molar-refractivity contribution in [2.45, 2.75) is 31.8 Å². The van der Waals surface area contributed by atoms with Crippen LogP contribution in [0.1, 0.15) is 31.4 Å². The van der Waals surface area contributed by atoms with Crippen LogP contribution in [-0.2, 0) is 0 Å². The molecule has 86 valence electrons. The van der Waals surface area contributed by atoms with E-state index in [1.165, 1.54) is 0 Å². The molecule has 4 N–H and O–H groups in total. The van der Waals surface area contributed by atoms with E-state index in [1.807, 2.05) is 31.2 Å². The van der Waals surface area contributed by atoms with Crippen LogP contribution >= 0.6 is 0 Å². The van der Waals surface area contributed by atoms with Crippen molar-refractivity contribution in [1.82, 2.24) is 5.32 Å². The fraction of sp³-hybridized carbons (Fsp3) is 0.417. The number of amides is 2. The normalized spacial score (nSPS) is 16.6. The van der Waals surface area contributed by atoms with E-state index in [0.29, 0.717) is 6.04 Å². The molecule has 1 aliphatic carbocycles. The summed E-state index contributed by atoms with van der Waals surface area (Å²) in [6.45, 7) is 1.93. The fourth-order valence-electron chi connectivity index (χ4n) is 1.45. The highest BCUT2D eigenvalue weighted by Gasteiger charge is 2.23. The molecule has 1 atom stereocenters. The zero-order valence-corrected chi connectivity index (χ0v) is 9.36. The van der Waals surface area contributed by atoms with Gasteiger partial charge in [-0.05, 0) is 37.5 Å². The highest BCUT2D eigenvalue weighted by Crippen LogP contribution is 2.19. The third-order valence-electron chi connectivity index (χ3n) is 2.61. The van der Waals surface area contributed by atoms with Gasteiger partial charge >= 0.3 is 6.03 Å². The number of nitrogens with two attached hydrogens (primary N) is 1. The van der Waals surface area contributed by atoms with Gasteiger partial charge in [0.2, 0.25) is 0 Å². The third kappa shape index (κ3) is 2.97. The van der Waals surface area contributed by atoms with Gasteiger partial charge in [-0.25, -0.2) is 4.79 Å². The number of hydrogen-bond donors (Lipinski definition) is 3. The molecule has 1 aromatic rings. The molecule has 0 radical (unpaired) electrons. The van der Waals surface area contributed by atoms with Gasteiger partial charge in [-0.3, -0.25) is 0 Å². The van der Waals surface area contributed by atoms with Gasteiger partial charge in [0.05, 0.1) is 0 Å². The summed E-state index contributed by atoms with van der Waals surface area (Å²) in [5.41, 5.74) is 7.60. The highest BCUT2D eigenvalue weighted by molar-refractivity contribution is 5.89. The number of benzene rings is 1. The highest BCUT2D eigenvalue weighted by atomic mass is 16.2. The predicted molar refractivity (Wildman–Crippen MR) is 64.2 cm³/mol. The van der Waals surface area contributed by atoms with Gasteiger partial charge in [0.15, 0.2) is 0 Å². The molecule has 1 aliphatic rings. The molecule has 0 saturated heterocycles. The van der Waals surface area contributed by atoms with Crippen LogP contribution in [0.25, 0.3) is 0 Å². The summed E-state index contributed by atoms with van der Waals surface area (Å²) < 4.78 is 0. The third-order valence-corrected chi connectivity index (χ3v) is 2.61. The fourth-order valence-corrected chi connectivity index (χ4v) is 1.45. The Morgan fingerprint density at radius 1 is 1.38 bits per heavy atom. The van der Waals surface area contributed by atoms with Crippen LogP contribution in [0.3, 0.4) is 0 Å². The molecule has 4 nitrogen and oxygen atoms in total. The first-order valence-electron chi connectivity index (χ1n) is 5.58.